The number of aliphatic hydroxyl groups excluding tert-OH is 4. The van der Waals surface area contributed by atoms with Gasteiger partial charge in [-0.3, -0.25) is 9.59 Å². The van der Waals surface area contributed by atoms with Crippen LogP contribution >= 0.6 is 0 Å². The van der Waals surface area contributed by atoms with Gasteiger partial charge in [0, 0.05) is 5.92 Å². The van der Waals surface area contributed by atoms with E-state index in [1.54, 1.807) is 6.08 Å². The SMILES string of the molecule is CC[C@H](C)C(=O)O[C@H]1CC[C@H](O)C2=C[C@@H](O)[C@H](C)[C@H](CCC(O)CC(O)CC(=O)O)[C@H]21. The van der Waals surface area contributed by atoms with E-state index >= 15 is 0 Å². The quantitative estimate of drug-likeness (QED) is 0.254. The molecule has 8 nitrogen and oxygen atoms in total. The van der Waals surface area contributed by atoms with Crippen LogP contribution in [0.1, 0.15) is 65.7 Å². The molecule has 0 aromatic rings. The molecule has 1 fully saturated rings. The molecule has 0 saturated heterocycles. The van der Waals surface area contributed by atoms with Crippen LogP contribution in [0.2, 0.25) is 0 Å². The van der Waals surface area contributed by atoms with E-state index in [0.29, 0.717) is 37.7 Å². The van der Waals surface area contributed by atoms with E-state index in [0.717, 1.165) is 0 Å². The Morgan fingerprint density at radius 1 is 1.19 bits per heavy atom. The highest BCUT2D eigenvalue weighted by molar-refractivity contribution is 5.72. The smallest absolute Gasteiger partial charge is 0.308 e. The third kappa shape index (κ3) is 6.75. The minimum Gasteiger partial charge on any atom is -0.481 e. The van der Waals surface area contributed by atoms with Gasteiger partial charge < -0.3 is 30.3 Å². The van der Waals surface area contributed by atoms with Crippen molar-refractivity contribution in [1.82, 2.24) is 0 Å². The lowest BCUT2D eigenvalue weighted by molar-refractivity contribution is -0.160. The van der Waals surface area contributed by atoms with Gasteiger partial charge >= 0.3 is 11.9 Å². The number of hydrogen-bond acceptors (Lipinski definition) is 7. The fourth-order valence-corrected chi connectivity index (χ4v) is 4.89. The van der Waals surface area contributed by atoms with Crippen molar-refractivity contribution in [3.63, 3.8) is 0 Å². The van der Waals surface area contributed by atoms with Crippen molar-refractivity contribution in [1.29, 1.82) is 0 Å². The average molecular weight is 443 g/mol. The standard InChI is InChI=1S/C23H38O8/c1-4-12(2)23(30)31-20-8-7-18(26)17-11-19(27)13(3)16(22(17)20)6-5-14(24)9-15(25)10-21(28)29/h11-16,18-20,22,24-27H,4-10H2,1-3H3,(H,28,29)/t12-,13+,14?,15?,16-,18-,19+,20-,22+/m0/s1. The maximum Gasteiger partial charge on any atom is 0.308 e. The van der Waals surface area contributed by atoms with Gasteiger partial charge in [0.15, 0.2) is 0 Å². The Morgan fingerprint density at radius 3 is 2.48 bits per heavy atom. The van der Waals surface area contributed by atoms with Crippen molar-refractivity contribution in [2.75, 3.05) is 0 Å². The van der Waals surface area contributed by atoms with Crippen molar-refractivity contribution < 1.29 is 39.9 Å². The van der Waals surface area contributed by atoms with Crippen molar-refractivity contribution in [2.24, 2.45) is 23.7 Å². The van der Waals surface area contributed by atoms with Crippen molar-refractivity contribution >= 4 is 11.9 Å². The summed E-state index contributed by atoms with van der Waals surface area (Å²) in [5.41, 5.74) is 0.698. The number of hydrogen-bond donors (Lipinski definition) is 5. The van der Waals surface area contributed by atoms with Crippen LogP contribution in [0.3, 0.4) is 0 Å². The molecule has 5 N–H and O–H groups in total. The average Bonchev–Trinajstić information content (AvgIpc) is 2.69. The van der Waals surface area contributed by atoms with Crippen LogP contribution in [0.15, 0.2) is 11.6 Å². The van der Waals surface area contributed by atoms with Crippen LogP contribution in [0.5, 0.6) is 0 Å². The maximum atomic E-state index is 12.5. The molecule has 8 heteroatoms. The highest BCUT2D eigenvalue weighted by Gasteiger charge is 2.47. The first-order valence-electron chi connectivity index (χ1n) is 11.4. The first-order chi connectivity index (χ1) is 14.5. The molecular weight excluding hydrogens is 404 g/mol. The molecule has 178 valence electrons. The second kappa shape index (κ2) is 11.4. The molecule has 0 aromatic heterocycles. The van der Waals surface area contributed by atoms with Crippen LogP contribution in [0, 0.1) is 23.7 Å². The Morgan fingerprint density at radius 2 is 1.87 bits per heavy atom. The minimum atomic E-state index is -1.13. The number of rotatable bonds is 10. The van der Waals surface area contributed by atoms with Crippen molar-refractivity contribution in [2.45, 2.75) is 96.2 Å². The number of carbonyl (C=O) groups excluding carboxylic acids is 1. The van der Waals surface area contributed by atoms with Gasteiger partial charge in [-0.15, -0.1) is 0 Å². The van der Waals surface area contributed by atoms with Crippen LogP contribution in [0.4, 0.5) is 0 Å². The predicted molar refractivity (Wildman–Crippen MR) is 113 cm³/mol. The molecule has 31 heavy (non-hydrogen) atoms. The van der Waals surface area contributed by atoms with E-state index in [1.165, 1.54) is 0 Å². The molecule has 0 spiro atoms. The normalized spacial score (nSPS) is 33.6. The molecule has 2 aliphatic carbocycles. The number of ether oxygens (including phenoxy) is 1. The Hall–Kier alpha value is -1.48. The fourth-order valence-electron chi connectivity index (χ4n) is 4.89. The first-order valence-corrected chi connectivity index (χ1v) is 11.4. The lowest BCUT2D eigenvalue weighted by Crippen LogP contribution is -2.48. The zero-order valence-electron chi connectivity index (χ0n) is 18.7. The molecule has 0 radical (unpaired) electrons. The minimum absolute atomic E-state index is 0.0433. The summed E-state index contributed by atoms with van der Waals surface area (Å²) in [6.07, 6.45) is -0.174. The molecule has 0 aromatic carbocycles. The van der Waals surface area contributed by atoms with Crippen molar-refractivity contribution in [3.05, 3.63) is 11.6 Å². The molecular formula is C23H38O8. The van der Waals surface area contributed by atoms with Gasteiger partial charge in [-0.2, -0.15) is 0 Å². The van der Waals surface area contributed by atoms with Crippen molar-refractivity contribution in [3.8, 4) is 0 Å². The van der Waals surface area contributed by atoms with Crippen LogP contribution in [-0.4, -0.2) is 68.0 Å². The summed E-state index contributed by atoms with van der Waals surface area (Å²) in [6.45, 7) is 5.65. The molecule has 2 aliphatic rings. The number of carboxylic acids is 1. The Balaban J connectivity index is 2.14. The number of carbonyl (C=O) groups is 2. The highest BCUT2D eigenvalue weighted by atomic mass is 16.5. The maximum absolute atomic E-state index is 12.5. The number of aliphatic carboxylic acids is 1. The van der Waals surface area contributed by atoms with Gasteiger partial charge in [-0.1, -0.05) is 26.8 Å². The topological polar surface area (TPSA) is 145 Å². The van der Waals surface area contributed by atoms with Crippen LogP contribution in [-0.2, 0) is 14.3 Å². The third-order valence-corrected chi connectivity index (χ3v) is 7.00. The summed E-state index contributed by atoms with van der Waals surface area (Å²) in [5.74, 6) is -2.16. The molecule has 0 aliphatic heterocycles. The van der Waals surface area contributed by atoms with Gasteiger partial charge in [-0.05, 0) is 55.9 Å². The third-order valence-electron chi connectivity index (χ3n) is 7.00. The Kier molecular flexibility index (Phi) is 9.48. The number of aliphatic hydroxyl groups is 4. The van der Waals surface area contributed by atoms with Gasteiger partial charge in [0.05, 0.1) is 36.8 Å². The van der Waals surface area contributed by atoms with E-state index in [1.807, 2.05) is 20.8 Å². The molecule has 2 unspecified atom stereocenters. The summed E-state index contributed by atoms with van der Waals surface area (Å²) in [6, 6.07) is 0. The summed E-state index contributed by atoms with van der Waals surface area (Å²) in [7, 11) is 0. The Bertz CT molecular complexity index is 647. The molecule has 0 heterocycles. The second-order valence-corrected chi connectivity index (χ2v) is 9.30. The molecule has 2 rings (SSSR count). The molecule has 9 atom stereocenters. The summed E-state index contributed by atoms with van der Waals surface area (Å²) < 4.78 is 5.85. The van der Waals surface area contributed by atoms with Crippen LogP contribution in [0.25, 0.3) is 0 Å². The van der Waals surface area contributed by atoms with E-state index in [4.69, 9.17) is 9.84 Å². The zero-order valence-corrected chi connectivity index (χ0v) is 18.7. The lowest BCUT2D eigenvalue weighted by atomic mass is 9.62. The summed E-state index contributed by atoms with van der Waals surface area (Å²) in [5, 5.41) is 50.0. The molecule has 0 bridgehead atoms. The summed E-state index contributed by atoms with van der Waals surface area (Å²) in [4.78, 5) is 23.2. The molecule has 1 saturated carbocycles. The fraction of sp³-hybridized carbons (Fsp3) is 0.826. The predicted octanol–water partition coefficient (Wildman–Crippen LogP) is 1.64. The van der Waals surface area contributed by atoms with Gasteiger partial charge in [0.25, 0.3) is 0 Å². The van der Waals surface area contributed by atoms with E-state index in [2.05, 4.69) is 0 Å². The second-order valence-electron chi connectivity index (χ2n) is 9.30. The zero-order chi connectivity index (χ0) is 23.3. The number of fused-ring (bicyclic) bond motifs is 1. The van der Waals surface area contributed by atoms with E-state index < -0.39 is 42.9 Å². The largest absolute Gasteiger partial charge is 0.481 e. The van der Waals surface area contributed by atoms with Gasteiger partial charge in [0.1, 0.15) is 6.10 Å². The Labute approximate surface area is 183 Å². The molecule has 0 amide bonds. The monoisotopic (exact) mass is 442 g/mol. The highest BCUT2D eigenvalue weighted by Crippen LogP contribution is 2.46. The van der Waals surface area contributed by atoms with Crippen LogP contribution < -0.4 is 0 Å². The van der Waals surface area contributed by atoms with E-state index in [9.17, 15) is 30.0 Å². The number of carboxylic acid groups (broad SMARTS) is 1. The summed E-state index contributed by atoms with van der Waals surface area (Å²) >= 11 is 0. The first kappa shape index (κ1) is 25.8. The van der Waals surface area contributed by atoms with Gasteiger partial charge in [-0.25, -0.2) is 0 Å². The number of esters is 1. The van der Waals surface area contributed by atoms with E-state index in [-0.39, 0.29) is 36.1 Å². The van der Waals surface area contributed by atoms with Gasteiger partial charge in [0.2, 0.25) is 0 Å². The lowest BCUT2D eigenvalue weighted by Gasteiger charge is -2.47.